The van der Waals surface area contributed by atoms with Crippen molar-refractivity contribution in [3.05, 3.63) is 18.2 Å². The zero-order valence-electron chi connectivity index (χ0n) is 9.94. The minimum absolute atomic E-state index is 0.403. The van der Waals surface area contributed by atoms with Crippen molar-refractivity contribution in [2.24, 2.45) is 0 Å². The van der Waals surface area contributed by atoms with Crippen LogP contribution in [0.4, 0.5) is 11.6 Å². The van der Waals surface area contributed by atoms with Crippen LogP contribution < -0.4 is 10.2 Å². The molecule has 4 nitrogen and oxygen atoms in total. The second kappa shape index (κ2) is 5.16. The number of ether oxygens (including phenoxy) is 1. The fourth-order valence-electron chi connectivity index (χ4n) is 1.75. The van der Waals surface area contributed by atoms with Crippen molar-refractivity contribution in [1.82, 2.24) is 4.98 Å². The summed E-state index contributed by atoms with van der Waals surface area (Å²) in [4.78, 5) is 6.73. The van der Waals surface area contributed by atoms with Crippen LogP contribution in [-0.2, 0) is 4.74 Å². The summed E-state index contributed by atoms with van der Waals surface area (Å²) in [6, 6.07) is 6.45. The Bertz CT molecular complexity index is 335. The summed E-state index contributed by atoms with van der Waals surface area (Å²) in [7, 11) is 0. The van der Waals surface area contributed by atoms with Gasteiger partial charge in [0, 0.05) is 12.6 Å². The number of rotatable bonds is 3. The number of aromatic nitrogens is 1. The van der Waals surface area contributed by atoms with Crippen molar-refractivity contribution in [3.63, 3.8) is 0 Å². The minimum atomic E-state index is 0.403. The number of anilines is 2. The predicted molar refractivity (Wildman–Crippen MR) is 65.8 cm³/mol. The Kier molecular flexibility index (Phi) is 3.62. The molecular weight excluding hydrogens is 202 g/mol. The molecule has 1 N–H and O–H groups in total. The monoisotopic (exact) mass is 221 g/mol. The van der Waals surface area contributed by atoms with E-state index in [-0.39, 0.29) is 0 Å². The van der Waals surface area contributed by atoms with Crippen LogP contribution in [0.15, 0.2) is 18.2 Å². The lowest BCUT2D eigenvalue weighted by Gasteiger charge is -2.28. The van der Waals surface area contributed by atoms with E-state index in [1.54, 1.807) is 0 Å². The van der Waals surface area contributed by atoms with Crippen LogP contribution in [0.1, 0.15) is 20.3 Å². The van der Waals surface area contributed by atoms with Gasteiger partial charge in [0.2, 0.25) is 0 Å². The van der Waals surface area contributed by atoms with Gasteiger partial charge in [-0.1, -0.05) is 6.07 Å². The third kappa shape index (κ3) is 2.85. The second-order valence-corrected chi connectivity index (χ2v) is 4.33. The molecule has 1 saturated heterocycles. The van der Waals surface area contributed by atoms with E-state index >= 15 is 0 Å². The van der Waals surface area contributed by atoms with Gasteiger partial charge in [-0.15, -0.1) is 0 Å². The molecule has 0 saturated carbocycles. The Hall–Kier alpha value is -1.29. The summed E-state index contributed by atoms with van der Waals surface area (Å²) in [6.07, 6.45) is 1.07. The summed E-state index contributed by atoms with van der Waals surface area (Å²) < 4.78 is 5.42. The molecule has 88 valence electrons. The van der Waals surface area contributed by atoms with Gasteiger partial charge in [-0.3, -0.25) is 0 Å². The average molecular weight is 221 g/mol. The summed E-state index contributed by atoms with van der Waals surface area (Å²) in [5.41, 5.74) is 0. The van der Waals surface area contributed by atoms with E-state index in [0.717, 1.165) is 31.2 Å². The molecule has 0 bridgehead atoms. The van der Waals surface area contributed by atoms with E-state index in [0.29, 0.717) is 12.8 Å². The van der Waals surface area contributed by atoms with Crippen LogP contribution in [-0.4, -0.2) is 30.9 Å². The van der Waals surface area contributed by atoms with Crippen LogP contribution in [0.25, 0.3) is 0 Å². The molecule has 0 amide bonds. The van der Waals surface area contributed by atoms with Gasteiger partial charge < -0.3 is 15.0 Å². The van der Waals surface area contributed by atoms with Crippen LogP contribution in [0.3, 0.4) is 0 Å². The predicted octanol–water partition coefficient (Wildman–Crippen LogP) is 2.09. The first-order valence-corrected chi connectivity index (χ1v) is 5.82. The van der Waals surface area contributed by atoms with Gasteiger partial charge >= 0.3 is 0 Å². The van der Waals surface area contributed by atoms with Gasteiger partial charge in [0.25, 0.3) is 0 Å². The lowest BCUT2D eigenvalue weighted by molar-refractivity contribution is 0.106. The highest BCUT2D eigenvalue weighted by molar-refractivity contribution is 5.47. The lowest BCUT2D eigenvalue weighted by Crippen LogP contribution is -2.33. The molecular formula is C12H19N3O. The van der Waals surface area contributed by atoms with E-state index in [4.69, 9.17) is 4.74 Å². The molecule has 0 unspecified atom stereocenters. The maximum atomic E-state index is 5.42. The molecule has 1 aliphatic rings. The molecule has 1 fully saturated rings. The maximum absolute atomic E-state index is 5.42. The fourth-order valence-corrected chi connectivity index (χ4v) is 1.75. The first-order valence-electron chi connectivity index (χ1n) is 5.82. The van der Waals surface area contributed by atoms with Gasteiger partial charge in [0.05, 0.1) is 6.61 Å². The van der Waals surface area contributed by atoms with Gasteiger partial charge in [0.15, 0.2) is 0 Å². The van der Waals surface area contributed by atoms with E-state index in [1.165, 1.54) is 0 Å². The van der Waals surface area contributed by atoms with E-state index in [1.807, 2.05) is 18.2 Å². The van der Waals surface area contributed by atoms with Crippen LogP contribution in [0.5, 0.6) is 0 Å². The standard InChI is InChI=1S/C12H19N3O/c1-10(2)13-11-5-3-6-12(14-11)15-7-4-8-16-9-15/h3,5-6,10H,4,7-9H2,1-2H3,(H,13,14). The lowest BCUT2D eigenvalue weighted by atomic mass is 10.3. The first-order chi connectivity index (χ1) is 7.75. The number of nitrogens with one attached hydrogen (secondary N) is 1. The van der Waals surface area contributed by atoms with E-state index in [9.17, 15) is 0 Å². The van der Waals surface area contributed by atoms with Gasteiger partial charge in [-0.2, -0.15) is 0 Å². The number of hydrogen-bond acceptors (Lipinski definition) is 4. The smallest absolute Gasteiger partial charge is 0.132 e. The van der Waals surface area contributed by atoms with Crippen molar-refractivity contribution in [3.8, 4) is 0 Å². The third-order valence-electron chi connectivity index (χ3n) is 2.46. The zero-order chi connectivity index (χ0) is 11.4. The Morgan fingerprint density at radius 2 is 2.31 bits per heavy atom. The molecule has 0 atom stereocenters. The Morgan fingerprint density at radius 3 is 3.00 bits per heavy atom. The average Bonchev–Trinajstić information content (AvgIpc) is 2.30. The van der Waals surface area contributed by atoms with E-state index < -0.39 is 0 Å². The summed E-state index contributed by atoms with van der Waals surface area (Å²) >= 11 is 0. The zero-order valence-corrected chi connectivity index (χ0v) is 9.94. The number of nitrogens with zero attached hydrogens (tertiary/aromatic N) is 2. The van der Waals surface area contributed by atoms with Crippen molar-refractivity contribution >= 4 is 11.6 Å². The van der Waals surface area contributed by atoms with Crippen molar-refractivity contribution in [2.75, 3.05) is 30.1 Å². The van der Waals surface area contributed by atoms with Gasteiger partial charge in [0.1, 0.15) is 18.4 Å². The SMILES string of the molecule is CC(C)Nc1cccc(N2CCCOC2)n1. The van der Waals surface area contributed by atoms with Gasteiger partial charge in [-0.05, 0) is 32.4 Å². The molecule has 1 aromatic heterocycles. The molecule has 16 heavy (non-hydrogen) atoms. The molecule has 1 aromatic rings. The van der Waals surface area contributed by atoms with Crippen molar-refractivity contribution in [2.45, 2.75) is 26.3 Å². The second-order valence-electron chi connectivity index (χ2n) is 4.33. The van der Waals surface area contributed by atoms with Crippen LogP contribution in [0, 0.1) is 0 Å². The summed E-state index contributed by atoms with van der Waals surface area (Å²) in [6.45, 7) is 6.76. The highest BCUT2D eigenvalue weighted by atomic mass is 16.5. The van der Waals surface area contributed by atoms with Gasteiger partial charge in [-0.25, -0.2) is 4.98 Å². The normalized spacial score (nSPS) is 16.6. The van der Waals surface area contributed by atoms with Crippen molar-refractivity contribution < 1.29 is 4.74 Å². The molecule has 0 radical (unpaired) electrons. The third-order valence-corrected chi connectivity index (χ3v) is 2.46. The highest BCUT2D eigenvalue weighted by Gasteiger charge is 2.12. The molecule has 0 aromatic carbocycles. The van der Waals surface area contributed by atoms with Crippen molar-refractivity contribution in [1.29, 1.82) is 0 Å². The Labute approximate surface area is 96.6 Å². The van der Waals surface area contributed by atoms with Crippen LogP contribution in [0.2, 0.25) is 0 Å². The summed E-state index contributed by atoms with van der Waals surface area (Å²) in [5, 5.41) is 3.31. The highest BCUT2D eigenvalue weighted by Crippen LogP contribution is 2.17. The fraction of sp³-hybridized carbons (Fsp3) is 0.583. The Balaban J connectivity index is 2.08. The Morgan fingerprint density at radius 1 is 1.44 bits per heavy atom. The molecule has 4 heteroatoms. The quantitative estimate of drug-likeness (QED) is 0.848. The number of hydrogen-bond donors (Lipinski definition) is 1. The summed E-state index contributed by atoms with van der Waals surface area (Å²) in [5.74, 6) is 1.92. The van der Waals surface area contributed by atoms with Crippen LogP contribution >= 0.6 is 0 Å². The first kappa shape index (κ1) is 11.2. The topological polar surface area (TPSA) is 37.4 Å². The largest absolute Gasteiger partial charge is 0.368 e. The molecule has 1 aliphatic heterocycles. The molecule has 0 spiro atoms. The number of pyridine rings is 1. The molecule has 2 heterocycles. The maximum Gasteiger partial charge on any atom is 0.132 e. The molecule has 0 aliphatic carbocycles. The molecule has 2 rings (SSSR count). The van der Waals surface area contributed by atoms with E-state index in [2.05, 4.69) is 29.0 Å². The minimum Gasteiger partial charge on any atom is -0.368 e.